The van der Waals surface area contributed by atoms with Crippen molar-refractivity contribution >= 4 is 17.5 Å². The second-order valence-corrected chi connectivity index (χ2v) is 9.20. The first-order chi connectivity index (χ1) is 16.6. The predicted molar refractivity (Wildman–Crippen MR) is 129 cm³/mol. The Labute approximate surface area is 202 Å². The van der Waals surface area contributed by atoms with Crippen molar-refractivity contribution in [1.29, 1.82) is 0 Å². The molecule has 1 aromatic carbocycles. The van der Waals surface area contributed by atoms with Gasteiger partial charge in [-0.3, -0.25) is 4.79 Å². The SMILES string of the molecule is O=c1cc(-c2ccnc(NC3CCCCO3)n2)ccn1C(c1ccc(Cl)c(F)c1)[C@H]1CCNC1. The van der Waals surface area contributed by atoms with E-state index in [-0.39, 0.29) is 28.8 Å². The molecular weight excluding hydrogens is 457 g/mol. The van der Waals surface area contributed by atoms with E-state index in [4.69, 9.17) is 16.3 Å². The average Bonchev–Trinajstić information content (AvgIpc) is 3.38. The first-order valence-electron chi connectivity index (χ1n) is 11.7. The summed E-state index contributed by atoms with van der Waals surface area (Å²) < 4.78 is 21.7. The number of ether oxygens (including phenoxy) is 1. The van der Waals surface area contributed by atoms with E-state index in [1.165, 1.54) is 6.07 Å². The molecule has 3 atom stereocenters. The average molecular weight is 484 g/mol. The predicted octanol–water partition coefficient (Wildman–Crippen LogP) is 4.24. The molecule has 0 saturated carbocycles. The number of hydrogen-bond acceptors (Lipinski definition) is 6. The van der Waals surface area contributed by atoms with Gasteiger partial charge in [0, 0.05) is 37.2 Å². The highest BCUT2D eigenvalue weighted by Gasteiger charge is 2.29. The lowest BCUT2D eigenvalue weighted by molar-refractivity contribution is 0.0338. The van der Waals surface area contributed by atoms with Gasteiger partial charge in [-0.15, -0.1) is 0 Å². The zero-order valence-corrected chi connectivity index (χ0v) is 19.5. The van der Waals surface area contributed by atoms with Crippen LogP contribution in [0.1, 0.15) is 37.3 Å². The van der Waals surface area contributed by atoms with E-state index < -0.39 is 5.82 Å². The summed E-state index contributed by atoms with van der Waals surface area (Å²) in [4.78, 5) is 22.2. The molecular formula is C25H27ClFN5O2. The molecule has 0 bridgehead atoms. The van der Waals surface area contributed by atoms with Crippen molar-refractivity contribution in [1.82, 2.24) is 19.9 Å². The van der Waals surface area contributed by atoms with Crippen LogP contribution in [0.25, 0.3) is 11.3 Å². The Kier molecular flexibility index (Phi) is 6.89. The van der Waals surface area contributed by atoms with Crippen molar-refractivity contribution in [3.63, 3.8) is 0 Å². The van der Waals surface area contributed by atoms with Gasteiger partial charge in [-0.1, -0.05) is 17.7 Å². The molecule has 3 aromatic rings. The molecule has 9 heteroatoms. The summed E-state index contributed by atoms with van der Waals surface area (Å²) in [6, 6.07) is 9.70. The minimum Gasteiger partial charge on any atom is -0.359 e. The van der Waals surface area contributed by atoms with Gasteiger partial charge in [0.25, 0.3) is 5.56 Å². The second kappa shape index (κ2) is 10.2. The summed E-state index contributed by atoms with van der Waals surface area (Å²) in [5.41, 5.74) is 1.90. The van der Waals surface area contributed by atoms with Crippen LogP contribution in [0.15, 0.2) is 53.6 Å². The van der Waals surface area contributed by atoms with Gasteiger partial charge in [0.05, 0.1) is 16.8 Å². The van der Waals surface area contributed by atoms with Crippen LogP contribution in [0, 0.1) is 11.7 Å². The van der Waals surface area contributed by atoms with Crippen molar-refractivity contribution in [3.8, 4) is 11.3 Å². The van der Waals surface area contributed by atoms with Crippen molar-refractivity contribution in [2.75, 3.05) is 25.0 Å². The van der Waals surface area contributed by atoms with Crippen molar-refractivity contribution in [2.24, 2.45) is 5.92 Å². The summed E-state index contributed by atoms with van der Waals surface area (Å²) in [5.74, 6) is 0.150. The van der Waals surface area contributed by atoms with Crippen molar-refractivity contribution < 1.29 is 9.13 Å². The fraction of sp³-hybridized carbons (Fsp3) is 0.400. The maximum Gasteiger partial charge on any atom is 0.251 e. The third kappa shape index (κ3) is 4.99. The van der Waals surface area contributed by atoms with Gasteiger partial charge in [-0.05, 0) is 68.0 Å². The lowest BCUT2D eigenvalue weighted by Crippen LogP contribution is -2.31. The van der Waals surface area contributed by atoms with Crippen LogP contribution in [0.5, 0.6) is 0 Å². The fourth-order valence-corrected chi connectivity index (χ4v) is 4.89. The highest BCUT2D eigenvalue weighted by atomic mass is 35.5. The monoisotopic (exact) mass is 483 g/mol. The highest BCUT2D eigenvalue weighted by Crippen LogP contribution is 2.32. The van der Waals surface area contributed by atoms with Gasteiger partial charge in [0.2, 0.25) is 5.95 Å². The number of benzene rings is 1. The van der Waals surface area contributed by atoms with E-state index in [2.05, 4.69) is 20.6 Å². The Morgan fingerprint density at radius 2 is 2.12 bits per heavy atom. The molecule has 7 nitrogen and oxygen atoms in total. The van der Waals surface area contributed by atoms with Crippen LogP contribution in [0.2, 0.25) is 5.02 Å². The molecule has 4 heterocycles. The number of pyridine rings is 1. The molecule has 2 aliphatic rings. The van der Waals surface area contributed by atoms with Gasteiger partial charge in [-0.25, -0.2) is 14.4 Å². The van der Waals surface area contributed by atoms with Crippen LogP contribution in [-0.2, 0) is 4.74 Å². The summed E-state index contributed by atoms with van der Waals surface area (Å²) >= 11 is 5.90. The van der Waals surface area contributed by atoms with Crippen LogP contribution < -0.4 is 16.2 Å². The molecule has 2 aliphatic heterocycles. The Balaban J connectivity index is 1.44. The van der Waals surface area contributed by atoms with E-state index in [9.17, 15) is 9.18 Å². The number of aromatic nitrogens is 3. The number of halogens is 2. The van der Waals surface area contributed by atoms with E-state index in [1.54, 1.807) is 41.2 Å². The minimum absolute atomic E-state index is 0.0709. The molecule has 0 spiro atoms. The maximum absolute atomic E-state index is 14.3. The Morgan fingerprint density at radius 1 is 1.21 bits per heavy atom. The van der Waals surface area contributed by atoms with Gasteiger partial charge in [0.1, 0.15) is 12.0 Å². The Bertz CT molecular complexity index is 1210. The highest BCUT2D eigenvalue weighted by molar-refractivity contribution is 6.30. The van der Waals surface area contributed by atoms with Crippen LogP contribution in [0.3, 0.4) is 0 Å². The van der Waals surface area contributed by atoms with E-state index in [0.717, 1.165) is 50.9 Å². The molecule has 0 amide bonds. The number of rotatable bonds is 6. The topological polar surface area (TPSA) is 81.1 Å². The Morgan fingerprint density at radius 3 is 2.85 bits per heavy atom. The number of nitrogens with one attached hydrogen (secondary N) is 2. The number of nitrogens with zero attached hydrogens (tertiary/aromatic N) is 3. The van der Waals surface area contributed by atoms with Crippen LogP contribution >= 0.6 is 11.6 Å². The summed E-state index contributed by atoms with van der Waals surface area (Å²) in [6.07, 6.45) is 7.31. The molecule has 0 aliphatic carbocycles. The molecule has 178 valence electrons. The Hall–Kier alpha value is -2.81. The van der Waals surface area contributed by atoms with E-state index in [0.29, 0.717) is 17.2 Å². The van der Waals surface area contributed by atoms with Crippen LogP contribution in [0.4, 0.5) is 10.3 Å². The fourth-order valence-electron chi connectivity index (χ4n) is 4.77. The molecule has 2 N–H and O–H groups in total. The third-order valence-corrected chi connectivity index (χ3v) is 6.81. The second-order valence-electron chi connectivity index (χ2n) is 8.80. The van der Waals surface area contributed by atoms with Crippen molar-refractivity contribution in [3.05, 3.63) is 75.5 Å². The molecule has 2 unspecified atom stereocenters. The molecule has 2 saturated heterocycles. The van der Waals surface area contributed by atoms with Gasteiger partial charge in [0.15, 0.2) is 0 Å². The zero-order chi connectivity index (χ0) is 23.5. The normalized spacial score (nSPS) is 21.4. The molecule has 0 radical (unpaired) electrons. The van der Waals surface area contributed by atoms with Gasteiger partial charge < -0.3 is 19.9 Å². The lowest BCUT2D eigenvalue weighted by atomic mass is 9.91. The molecule has 34 heavy (non-hydrogen) atoms. The van der Waals surface area contributed by atoms with Gasteiger partial charge >= 0.3 is 0 Å². The van der Waals surface area contributed by atoms with E-state index >= 15 is 0 Å². The van der Waals surface area contributed by atoms with Gasteiger partial charge in [-0.2, -0.15) is 0 Å². The first kappa shape index (κ1) is 23.0. The first-order valence-corrected chi connectivity index (χ1v) is 12.1. The quantitative estimate of drug-likeness (QED) is 0.546. The zero-order valence-electron chi connectivity index (χ0n) is 18.7. The smallest absolute Gasteiger partial charge is 0.251 e. The van der Waals surface area contributed by atoms with Crippen molar-refractivity contribution in [2.45, 2.75) is 38.0 Å². The number of anilines is 1. The standard InChI is InChI=1S/C25H27ClFN5O2/c26-19-5-4-17(13-20(19)27)24(18-6-9-28-15-18)32-11-8-16(14-23(32)33)21-7-10-29-25(30-21)31-22-3-1-2-12-34-22/h4-5,7-8,10-11,13-14,18,22,24,28H,1-3,6,9,12,15H2,(H,29,30,31)/t18-,22?,24?/m0/s1. The van der Waals surface area contributed by atoms with E-state index in [1.807, 2.05) is 6.07 Å². The molecule has 2 fully saturated rings. The third-order valence-electron chi connectivity index (χ3n) is 6.50. The summed E-state index contributed by atoms with van der Waals surface area (Å²) in [7, 11) is 0. The summed E-state index contributed by atoms with van der Waals surface area (Å²) in [5, 5.41) is 6.64. The van der Waals surface area contributed by atoms with Crippen LogP contribution in [-0.4, -0.2) is 40.5 Å². The summed E-state index contributed by atoms with van der Waals surface area (Å²) in [6.45, 7) is 2.35. The molecule has 2 aromatic heterocycles. The largest absolute Gasteiger partial charge is 0.359 e. The number of hydrogen-bond donors (Lipinski definition) is 2. The maximum atomic E-state index is 14.3. The molecule has 5 rings (SSSR count). The lowest BCUT2D eigenvalue weighted by Gasteiger charge is -2.26. The minimum atomic E-state index is -0.484.